The molecule has 0 saturated heterocycles. The maximum Gasteiger partial charge on any atom is 0.145 e. The van der Waals surface area contributed by atoms with Gasteiger partial charge in [-0.15, -0.1) is 0 Å². The average Bonchev–Trinajstić information content (AvgIpc) is 2.54. The molecule has 1 saturated carbocycles. The summed E-state index contributed by atoms with van der Waals surface area (Å²) in [6, 6.07) is 0. The van der Waals surface area contributed by atoms with Gasteiger partial charge in [0.15, 0.2) is 0 Å². The minimum atomic E-state index is -0.178. The molecule has 0 aromatic heterocycles. The van der Waals surface area contributed by atoms with Crippen molar-refractivity contribution in [2.24, 2.45) is 17.3 Å². The van der Waals surface area contributed by atoms with E-state index in [0.29, 0.717) is 11.7 Å². The van der Waals surface area contributed by atoms with Gasteiger partial charge in [0.1, 0.15) is 5.78 Å². The van der Waals surface area contributed by atoms with E-state index < -0.39 is 0 Å². The monoisotopic (exact) mass is 166 g/mol. The van der Waals surface area contributed by atoms with Gasteiger partial charge in [0.25, 0.3) is 0 Å². The molecule has 0 radical (unpaired) electrons. The van der Waals surface area contributed by atoms with Crippen LogP contribution in [-0.4, -0.2) is 5.78 Å². The summed E-state index contributed by atoms with van der Waals surface area (Å²) in [6.45, 7) is 12.0. The second-order valence-corrected chi connectivity index (χ2v) is 4.21. The van der Waals surface area contributed by atoms with E-state index in [1.54, 1.807) is 0 Å². The first-order chi connectivity index (χ1) is 5.46. The Hall–Kier alpha value is -0.590. The third-order valence-electron chi connectivity index (χ3n) is 3.15. The molecule has 0 aliphatic heterocycles. The van der Waals surface area contributed by atoms with Crippen LogP contribution in [0.4, 0.5) is 0 Å². The molecule has 68 valence electrons. The van der Waals surface area contributed by atoms with Gasteiger partial charge in [-0.1, -0.05) is 32.9 Å². The molecule has 0 spiro atoms. The van der Waals surface area contributed by atoms with Crippen molar-refractivity contribution in [3.05, 3.63) is 12.2 Å². The fourth-order valence-corrected chi connectivity index (χ4v) is 2.18. The lowest BCUT2D eigenvalue weighted by Gasteiger charge is -2.11. The lowest BCUT2D eigenvalue weighted by molar-refractivity contribution is -0.126. The van der Waals surface area contributed by atoms with Gasteiger partial charge in [-0.25, -0.2) is 0 Å². The molecule has 0 N–H and O–H groups in total. The maximum atomic E-state index is 11.7. The second kappa shape index (κ2) is 2.72. The molecule has 1 nitrogen and oxygen atoms in total. The average molecular weight is 166 g/mol. The number of hydrogen-bond donors (Lipinski definition) is 0. The molecule has 0 amide bonds. The molecule has 1 aliphatic carbocycles. The van der Waals surface area contributed by atoms with Crippen LogP contribution in [0.2, 0.25) is 0 Å². The minimum absolute atomic E-state index is 0.142. The molecule has 1 heteroatoms. The molecule has 0 bridgehead atoms. The number of allylic oxidation sites excluding steroid dienone is 1. The van der Waals surface area contributed by atoms with E-state index in [0.717, 1.165) is 12.0 Å². The number of carbonyl (C=O) groups excluding carboxylic acids is 1. The summed E-state index contributed by atoms with van der Waals surface area (Å²) in [5.74, 6) is 0.954. The Bertz CT molecular complexity index is 227. The van der Waals surface area contributed by atoms with Crippen molar-refractivity contribution >= 4 is 5.78 Å². The second-order valence-electron chi connectivity index (χ2n) is 4.21. The highest BCUT2D eigenvalue weighted by Gasteiger charge is 2.58. The van der Waals surface area contributed by atoms with Crippen molar-refractivity contribution < 1.29 is 4.79 Å². The molecule has 0 aromatic carbocycles. The van der Waals surface area contributed by atoms with Crippen molar-refractivity contribution in [3.63, 3.8) is 0 Å². The minimum Gasteiger partial charge on any atom is -0.298 e. The SMILES string of the molecule is C=C1[C@H](CC)[C@@]1(C)C(=O)C(C)C. The Labute approximate surface area is 74.9 Å². The van der Waals surface area contributed by atoms with Gasteiger partial charge in [0.2, 0.25) is 0 Å². The zero-order chi connectivity index (χ0) is 9.52. The van der Waals surface area contributed by atoms with Crippen LogP contribution < -0.4 is 0 Å². The van der Waals surface area contributed by atoms with E-state index in [-0.39, 0.29) is 11.3 Å². The van der Waals surface area contributed by atoms with Crippen molar-refractivity contribution in [1.29, 1.82) is 0 Å². The molecule has 12 heavy (non-hydrogen) atoms. The molecular weight excluding hydrogens is 148 g/mol. The van der Waals surface area contributed by atoms with E-state index in [1.165, 1.54) is 0 Å². The smallest absolute Gasteiger partial charge is 0.145 e. The maximum absolute atomic E-state index is 11.7. The number of ketones is 1. The summed E-state index contributed by atoms with van der Waals surface area (Å²) in [4.78, 5) is 11.7. The van der Waals surface area contributed by atoms with Crippen LogP contribution in [0, 0.1) is 17.3 Å². The van der Waals surface area contributed by atoms with Gasteiger partial charge in [-0.05, 0) is 19.3 Å². The van der Waals surface area contributed by atoms with E-state index in [4.69, 9.17) is 0 Å². The Morgan fingerprint density at radius 1 is 1.67 bits per heavy atom. The quantitative estimate of drug-likeness (QED) is 0.589. The summed E-state index contributed by atoms with van der Waals surface area (Å²) >= 11 is 0. The summed E-state index contributed by atoms with van der Waals surface area (Å²) in [7, 11) is 0. The molecule has 1 fully saturated rings. The van der Waals surface area contributed by atoms with Crippen LogP contribution in [0.5, 0.6) is 0 Å². The van der Waals surface area contributed by atoms with E-state index in [2.05, 4.69) is 13.5 Å². The van der Waals surface area contributed by atoms with E-state index in [9.17, 15) is 4.79 Å². The van der Waals surface area contributed by atoms with Gasteiger partial charge >= 0.3 is 0 Å². The zero-order valence-corrected chi connectivity index (χ0v) is 8.48. The van der Waals surface area contributed by atoms with Gasteiger partial charge in [-0.3, -0.25) is 4.79 Å². The van der Waals surface area contributed by atoms with E-state index >= 15 is 0 Å². The predicted molar refractivity (Wildman–Crippen MR) is 50.9 cm³/mol. The van der Waals surface area contributed by atoms with Crippen LogP contribution in [0.15, 0.2) is 12.2 Å². The Balaban J connectivity index is 2.77. The van der Waals surface area contributed by atoms with Crippen LogP contribution >= 0.6 is 0 Å². The third-order valence-corrected chi connectivity index (χ3v) is 3.15. The molecule has 0 unspecified atom stereocenters. The fourth-order valence-electron chi connectivity index (χ4n) is 2.18. The Kier molecular flexibility index (Phi) is 2.15. The normalized spacial score (nSPS) is 34.1. The third kappa shape index (κ3) is 1.03. The number of carbonyl (C=O) groups is 1. The van der Waals surface area contributed by atoms with Crippen molar-refractivity contribution in [3.8, 4) is 0 Å². The zero-order valence-electron chi connectivity index (χ0n) is 8.48. The molecular formula is C11H18O. The highest BCUT2D eigenvalue weighted by atomic mass is 16.1. The summed E-state index contributed by atoms with van der Waals surface area (Å²) in [6.07, 6.45) is 1.05. The first-order valence-corrected chi connectivity index (χ1v) is 4.69. The molecule has 0 aromatic rings. The first kappa shape index (κ1) is 9.50. The summed E-state index contributed by atoms with van der Waals surface area (Å²) < 4.78 is 0. The first-order valence-electron chi connectivity index (χ1n) is 4.69. The molecule has 1 aliphatic rings. The van der Waals surface area contributed by atoms with Gasteiger partial charge in [0.05, 0.1) is 5.41 Å². The van der Waals surface area contributed by atoms with Crippen LogP contribution in [0.1, 0.15) is 34.1 Å². The highest BCUT2D eigenvalue weighted by molar-refractivity contribution is 5.94. The summed E-state index contributed by atoms with van der Waals surface area (Å²) in [5, 5.41) is 0. The highest BCUT2D eigenvalue weighted by Crippen LogP contribution is 2.60. The van der Waals surface area contributed by atoms with Crippen molar-refractivity contribution in [1.82, 2.24) is 0 Å². The Morgan fingerprint density at radius 2 is 2.17 bits per heavy atom. The van der Waals surface area contributed by atoms with Gasteiger partial charge < -0.3 is 0 Å². The lowest BCUT2D eigenvalue weighted by atomic mass is 9.91. The van der Waals surface area contributed by atoms with Gasteiger partial charge in [-0.2, -0.15) is 0 Å². The number of Topliss-reactive ketones (excluding diaryl/α,β-unsaturated/α-hetero) is 1. The van der Waals surface area contributed by atoms with Crippen LogP contribution in [-0.2, 0) is 4.79 Å². The molecule has 2 atom stereocenters. The molecule has 0 heterocycles. The van der Waals surface area contributed by atoms with E-state index in [1.807, 2.05) is 20.8 Å². The molecule has 1 rings (SSSR count). The summed E-state index contributed by atoms with van der Waals surface area (Å²) in [5.41, 5.74) is 0.965. The number of hydrogen-bond acceptors (Lipinski definition) is 1. The number of rotatable bonds is 3. The topological polar surface area (TPSA) is 17.1 Å². The van der Waals surface area contributed by atoms with Gasteiger partial charge in [0, 0.05) is 5.92 Å². The predicted octanol–water partition coefficient (Wildman–Crippen LogP) is 2.81. The fraction of sp³-hybridized carbons (Fsp3) is 0.727. The van der Waals surface area contributed by atoms with Crippen LogP contribution in [0.3, 0.4) is 0 Å². The van der Waals surface area contributed by atoms with Crippen molar-refractivity contribution in [2.45, 2.75) is 34.1 Å². The van der Waals surface area contributed by atoms with Crippen molar-refractivity contribution in [2.75, 3.05) is 0 Å². The van der Waals surface area contributed by atoms with Crippen LogP contribution in [0.25, 0.3) is 0 Å². The standard InChI is InChI=1S/C11H18O/c1-6-9-8(4)11(9,5)10(12)7(2)3/h7,9H,4,6H2,1-3,5H3/t9-,11-/m0/s1. The largest absolute Gasteiger partial charge is 0.298 e. The lowest BCUT2D eigenvalue weighted by Crippen LogP contribution is -2.20. The Morgan fingerprint density at radius 3 is 2.42 bits per heavy atom.